The van der Waals surface area contributed by atoms with Crippen molar-refractivity contribution in [2.45, 2.75) is 26.0 Å². The molecule has 0 saturated heterocycles. The van der Waals surface area contributed by atoms with Gasteiger partial charge in [-0.15, -0.1) is 0 Å². The molecule has 1 aliphatic rings. The van der Waals surface area contributed by atoms with Gasteiger partial charge in [-0.05, 0) is 25.5 Å². The lowest BCUT2D eigenvalue weighted by atomic mass is 10.1. The second-order valence-corrected chi connectivity index (χ2v) is 6.23. The maximum absolute atomic E-state index is 12.8. The summed E-state index contributed by atoms with van der Waals surface area (Å²) in [6.07, 6.45) is 2.22. The fraction of sp³-hybridized carbons (Fsp3) is 0.412. The number of hydrogen-bond acceptors (Lipinski definition) is 4. The molecular weight excluding hydrogens is 332 g/mol. The Kier molecular flexibility index (Phi) is 4.78. The van der Waals surface area contributed by atoms with Gasteiger partial charge in [0.2, 0.25) is 5.43 Å². The summed E-state index contributed by atoms with van der Waals surface area (Å²) in [5.74, 6) is 0.208. The number of rotatable bonds is 5. The van der Waals surface area contributed by atoms with Gasteiger partial charge >= 0.3 is 0 Å². The Morgan fingerprint density at radius 1 is 1.50 bits per heavy atom. The van der Waals surface area contributed by atoms with Crippen molar-refractivity contribution in [3.8, 4) is 5.75 Å². The maximum atomic E-state index is 12.8. The van der Waals surface area contributed by atoms with Crippen molar-refractivity contribution < 1.29 is 14.3 Å². The number of carbonyl (C=O) groups excluding carboxylic acids is 1. The highest BCUT2D eigenvalue weighted by molar-refractivity contribution is 6.35. The van der Waals surface area contributed by atoms with Gasteiger partial charge in [0.05, 0.1) is 22.5 Å². The molecule has 0 saturated carbocycles. The van der Waals surface area contributed by atoms with Gasteiger partial charge in [-0.3, -0.25) is 9.59 Å². The summed E-state index contributed by atoms with van der Waals surface area (Å²) in [6.45, 7) is 3.48. The number of ether oxygens (including phenoxy) is 2. The number of pyridine rings is 1. The molecule has 1 aromatic heterocycles. The molecule has 1 atom stereocenters. The molecule has 1 N–H and O–H groups in total. The molecule has 0 spiro atoms. The largest absolute Gasteiger partial charge is 0.487 e. The summed E-state index contributed by atoms with van der Waals surface area (Å²) < 4.78 is 12.6. The topological polar surface area (TPSA) is 69.6 Å². The van der Waals surface area contributed by atoms with Crippen LogP contribution in [0.2, 0.25) is 5.02 Å². The van der Waals surface area contributed by atoms with Crippen LogP contribution >= 0.6 is 11.6 Å². The number of amides is 1. The number of carbonyl (C=O) groups is 1. The molecule has 3 rings (SSSR count). The Bertz CT molecular complexity index is 847. The molecule has 0 bridgehead atoms. The second-order valence-electron chi connectivity index (χ2n) is 5.82. The molecule has 6 nitrogen and oxygen atoms in total. The fourth-order valence-corrected chi connectivity index (χ4v) is 3.15. The van der Waals surface area contributed by atoms with Crippen molar-refractivity contribution in [3.63, 3.8) is 0 Å². The molecule has 1 amide bonds. The predicted molar refractivity (Wildman–Crippen MR) is 92.1 cm³/mol. The van der Waals surface area contributed by atoms with E-state index in [1.165, 1.54) is 0 Å². The Balaban J connectivity index is 2.05. The third kappa shape index (κ3) is 2.99. The van der Waals surface area contributed by atoms with Crippen LogP contribution in [0.3, 0.4) is 0 Å². The Morgan fingerprint density at radius 3 is 3.04 bits per heavy atom. The molecule has 0 radical (unpaired) electrons. The molecule has 0 aliphatic carbocycles. The standard InChI is InChI=1S/C17H19ClN2O4/c1-10-8-20-9-11(17(22)19-6-3-7-23-2)16(21)14-12(18)4-5-13(24-10)15(14)20/h4-5,9-10H,3,6-8H2,1-2H3,(H,19,22)/t10-/m1/s1. The van der Waals surface area contributed by atoms with Gasteiger partial charge in [-0.1, -0.05) is 11.6 Å². The van der Waals surface area contributed by atoms with Gasteiger partial charge < -0.3 is 19.4 Å². The first kappa shape index (κ1) is 16.8. The Morgan fingerprint density at radius 2 is 2.29 bits per heavy atom. The fourth-order valence-electron chi connectivity index (χ4n) is 2.91. The quantitative estimate of drug-likeness (QED) is 0.839. The minimum atomic E-state index is -0.401. The molecule has 1 aliphatic heterocycles. The molecule has 2 heterocycles. The minimum absolute atomic E-state index is 0.0537. The van der Waals surface area contributed by atoms with Crippen LogP contribution in [0, 0.1) is 0 Å². The van der Waals surface area contributed by atoms with E-state index in [-0.39, 0.29) is 17.1 Å². The summed E-state index contributed by atoms with van der Waals surface area (Å²) in [5, 5.41) is 3.39. The molecule has 7 heteroatoms. The van der Waals surface area contributed by atoms with Crippen LogP contribution in [-0.4, -0.2) is 36.8 Å². The summed E-state index contributed by atoms with van der Waals surface area (Å²) in [5.41, 5.74) is 0.352. The second kappa shape index (κ2) is 6.83. The van der Waals surface area contributed by atoms with E-state index < -0.39 is 5.91 Å². The third-order valence-electron chi connectivity index (χ3n) is 3.97. The monoisotopic (exact) mass is 350 g/mol. The van der Waals surface area contributed by atoms with E-state index in [2.05, 4.69) is 5.32 Å². The number of hydrogen-bond donors (Lipinski definition) is 1. The van der Waals surface area contributed by atoms with Crippen LogP contribution in [0.4, 0.5) is 0 Å². The van der Waals surface area contributed by atoms with Crippen molar-refractivity contribution in [2.24, 2.45) is 0 Å². The first-order valence-corrected chi connectivity index (χ1v) is 8.20. The van der Waals surface area contributed by atoms with E-state index in [0.717, 1.165) is 0 Å². The van der Waals surface area contributed by atoms with Crippen molar-refractivity contribution >= 4 is 28.4 Å². The average molecular weight is 351 g/mol. The first-order chi connectivity index (χ1) is 11.5. The smallest absolute Gasteiger partial charge is 0.256 e. The number of aromatic nitrogens is 1. The SMILES string of the molecule is COCCCNC(=O)c1cn2c3c(ccc(Cl)c3c1=O)O[C@H](C)C2. The maximum Gasteiger partial charge on any atom is 0.256 e. The number of nitrogens with one attached hydrogen (secondary N) is 1. The lowest BCUT2D eigenvalue weighted by molar-refractivity contribution is 0.0946. The zero-order chi connectivity index (χ0) is 17.3. The Hall–Kier alpha value is -2.05. The van der Waals surface area contributed by atoms with Crippen LogP contribution in [0.25, 0.3) is 10.9 Å². The average Bonchev–Trinajstić information content (AvgIpc) is 2.55. The molecule has 2 aromatic rings. The van der Waals surface area contributed by atoms with Crippen LogP contribution in [0.15, 0.2) is 23.1 Å². The van der Waals surface area contributed by atoms with E-state index in [0.29, 0.717) is 47.8 Å². The van der Waals surface area contributed by atoms with Gasteiger partial charge in [0.1, 0.15) is 17.4 Å². The van der Waals surface area contributed by atoms with Crippen LogP contribution in [0.5, 0.6) is 5.75 Å². The highest BCUT2D eigenvalue weighted by Crippen LogP contribution is 2.33. The highest BCUT2D eigenvalue weighted by atomic mass is 35.5. The number of benzene rings is 1. The van der Waals surface area contributed by atoms with Crippen LogP contribution in [-0.2, 0) is 11.3 Å². The molecular formula is C17H19ClN2O4. The number of halogens is 1. The summed E-state index contributed by atoms with van der Waals surface area (Å²) in [6, 6.07) is 3.38. The van der Waals surface area contributed by atoms with Crippen molar-refractivity contribution in [3.05, 3.63) is 39.1 Å². The van der Waals surface area contributed by atoms with Crippen molar-refractivity contribution in [2.75, 3.05) is 20.3 Å². The highest BCUT2D eigenvalue weighted by Gasteiger charge is 2.24. The van der Waals surface area contributed by atoms with Gasteiger partial charge in [-0.25, -0.2) is 0 Å². The zero-order valence-corrected chi connectivity index (χ0v) is 14.4. The first-order valence-electron chi connectivity index (χ1n) is 7.82. The number of methoxy groups -OCH3 is 1. The van der Waals surface area contributed by atoms with Crippen LogP contribution < -0.4 is 15.5 Å². The molecule has 128 valence electrons. The lowest BCUT2D eigenvalue weighted by Gasteiger charge is -2.26. The normalized spacial score (nSPS) is 16.0. The van der Waals surface area contributed by atoms with E-state index in [1.807, 2.05) is 11.5 Å². The van der Waals surface area contributed by atoms with Gasteiger partial charge in [0, 0.05) is 26.5 Å². The van der Waals surface area contributed by atoms with E-state index in [4.69, 9.17) is 21.1 Å². The molecule has 0 fully saturated rings. The van der Waals surface area contributed by atoms with Crippen molar-refractivity contribution in [1.29, 1.82) is 0 Å². The van der Waals surface area contributed by atoms with Gasteiger partial charge in [0.25, 0.3) is 5.91 Å². The lowest BCUT2D eigenvalue weighted by Crippen LogP contribution is -2.33. The Labute approximate surface area is 144 Å². The van der Waals surface area contributed by atoms with E-state index in [1.54, 1.807) is 25.4 Å². The summed E-state index contributed by atoms with van der Waals surface area (Å²) in [4.78, 5) is 25.2. The van der Waals surface area contributed by atoms with Crippen LogP contribution in [0.1, 0.15) is 23.7 Å². The minimum Gasteiger partial charge on any atom is -0.487 e. The van der Waals surface area contributed by atoms with Crippen molar-refractivity contribution in [1.82, 2.24) is 9.88 Å². The third-order valence-corrected chi connectivity index (χ3v) is 4.29. The molecule has 0 unspecified atom stereocenters. The summed E-state index contributed by atoms with van der Waals surface area (Å²) in [7, 11) is 1.60. The van der Waals surface area contributed by atoms with E-state index in [9.17, 15) is 9.59 Å². The van der Waals surface area contributed by atoms with E-state index >= 15 is 0 Å². The number of nitrogens with zero attached hydrogens (tertiary/aromatic N) is 1. The predicted octanol–water partition coefficient (Wildman–Crippen LogP) is 2.20. The molecule has 1 aromatic carbocycles. The molecule has 24 heavy (non-hydrogen) atoms. The summed E-state index contributed by atoms with van der Waals surface area (Å²) >= 11 is 6.23. The zero-order valence-electron chi connectivity index (χ0n) is 13.6. The van der Waals surface area contributed by atoms with Gasteiger partial charge in [-0.2, -0.15) is 0 Å². The van der Waals surface area contributed by atoms with Gasteiger partial charge in [0.15, 0.2) is 0 Å².